The summed E-state index contributed by atoms with van der Waals surface area (Å²) in [5, 5.41) is 0. The van der Waals surface area contributed by atoms with Gasteiger partial charge in [-0.1, -0.05) is 13.8 Å². The summed E-state index contributed by atoms with van der Waals surface area (Å²) in [6, 6.07) is 0. The third-order valence-corrected chi connectivity index (χ3v) is 2.31. The Kier molecular flexibility index (Phi) is 1.98. The molecule has 2 heterocycles. The second-order valence-corrected chi connectivity index (χ2v) is 3.84. The van der Waals surface area contributed by atoms with E-state index >= 15 is 0 Å². The summed E-state index contributed by atoms with van der Waals surface area (Å²) >= 11 is 0. The summed E-state index contributed by atoms with van der Waals surface area (Å²) in [7, 11) is 0. The molecule has 0 aliphatic rings. The first kappa shape index (κ1) is 9.12. The van der Waals surface area contributed by atoms with Crippen molar-refractivity contribution in [1.29, 1.82) is 0 Å². The third-order valence-electron chi connectivity index (χ3n) is 2.31. The van der Waals surface area contributed by atoms with Crippen molar-refractivity contribution in [3.63, 3.8) is 0 Å². The number of aromatic amines is 1. The number of aryl methyl sites for hydroxylation is 2. The van der Waals surface area contributed by atoms with Crippen molar-refractivity contribution in [3.05, 3.63) is 17.2 Å². The molecule has 0 spiro atoms. The minimum atomic E-state index is 0.381. The number of hydrogen-bond acceptors (Lipinski definition) is 3. The molecule has 2 rings (SSSR count). The van der Waals surface area contributed by atoms with E-state index in [1.807, 2.05) is 13.8 Å². The fraction of sp³-hybridized carbons (Fsp3) is 0.500. The van der Waals surface area contributed by atoms with Crippen molar-refractivity contribution in [2.75, 3.05) is 0 Å². The zero-order chi connectivity index (χ0) is 10.3. The monoisotopic (exact) mass is 190 g/mol. The zero-order valence-electron chi connectivity index (χ0n) is 8.92. The van der Waals surface area contributed by atoms with Crippen molar-refractivity contribution in [3.8, 4) is 0 Å². The molecule has 0 aliphatic carbocycles. The van der Waals surface area contributed by atoms with Gasteiger partial charge in [-0.15, -0.1) is 0 Å². The lowest BCUT2D eigenvalue weighted by molar-refractivity contribution is 0.797. The SMILES string of the molecule is Cc1nc2nc(C(C)C)[nH]c2nc1C. The van der Waals surface area contributed by atoms with Crippen LogP contribution in [0.25, 0.3) is 11.3 Å². The zero-order valence-corrected chi connectivity index (χ0v) is 8.92. The maximum absolute atomic E-state index is 4.40. The number of fused-ring (bicyclic) bond motifs is 1. The molecule has 0 unspecified atom stereocenters. The lowest BCUT2D eigenvalue weighted by atomic mass is 10.2. The number of nitrogens with one attached hydrogen (secondary N) is 1. The molecule has 0 fully saturated rings. The Morgan fingerprint density at radius 3 is 2.29 bits per heavy atom. The fourth-order valence-electron chi connectivity index (χ4n) is 1.29. The number of nitrogens with zero attached hydrogens (tertiary/aromatic N) is 3. The molecule has 1 N–H and O–H groups in total. The van der Waals surface area contributed by atoms with Gasteiger partial charge in [-0.25, -0.2) is 15.0 Å². The van der Waals surface area contributed by atoms with E-state index in [0.29, 0.717) is 5.92 Å². The average molecular weight is 190 g/mol. The van der Waals surface area contributed by atoms with Crippen LogP contribution in [0.15, 0.2) is 0 Å². The molecule has 2 aromatic rings. The van der Waals surface area contributed by atoms with Crippen LogP contribution in [0, 0.1) is 13.8 Å². The highest BCUT2D eigenvalue weighted by Gasteiger charge is 2.09. The molecule has 74 valence electrons. The van der Waals surface area contributed by atoms with Gasteiger partial charge in [-0.05, 0) is 13.8 Å². The highest BCUT2D eigenvalue weighted by molar-refractivity contribution is 5.65. The Hall–Kier alpha value is -1.45. The smallest absolute Gasteiger partial charge is 0.197 e. The van der Waals surface area contributed by atoms with Crippen LogP contribution in [0.4, 0.5) is 0 Å². The Morgan fingerprint density at radius 1 is 1.00 bits per heavy atom. The number of H-pyrrole nitrogens is 1. The van der Waals surface area contributed by atoms with Gasteiger partial charge in [0.05, 0.1) is 11.4 Å². The Labute approximate surface area is 82.8 Å². The summed E-state index contributed by atoms with van der Waals surface area (Å²) in [6.45, 7) is 8.10. The predicted octanol–water partition coefficient (Wildman–Crippen LogP) is 2.09. The molecule has 2 aromatic heterocycles. The quantitative estimate of drug-likeness (QED) is 0.749. The van der Waals surface area contributed by atoms with Gasteiger partial charge in [0, 0.05) is 5.92 Å². The highest BCUT2D eigenvalue weighted by atomic mass is 15.1. The molecular weight excluding hydrogens is 176 g/mol. The van der Waals surface area contributed by atoms with Crippen LogP contribution in [0.1, 0.15) is 37.0 Å². The van der Waals surface area contributed by atoms with Gasteiger partial charge in [0.1, 0.15) is 5.82 Å². The van der Waals surface area contributed by atoms with Gasteiger partial charge in [0.15, 0.2) is 11.3 Å². The van der Waals surface area contributed by atoms with Gasteiger partial charge in [-0.2, -0.15) is 0 Å². The molecule has 0 radical (unpaired) electrons. The summed E-state index contributed by atoms with van der Waals surface area (Å²) in [4.78, 5) is 16.3. The predicted molar refractivity (Wildman–Crippen MR) is 55.2 cm³/mol. The molecule has 4 nitrogen and oxygen atoms in total. The van der Waals surface area contributed by atoms with E-state index in [4.69, 9.17) is 0 Å². The molecule has 14 heavy (non-hydrogen) atoms. The van der Waals surface area contributed by atoms with E-state index in [-0.39, 0.29) is 0 Å². The lowest BCUT2D eigenvalue weighted by Crippen LogP contribution is -1.91. The Bertz CT molecular complexity index is 431. The van der Waals surface area contributed by atoms with Crippen LogP contribution < -0.4 is 0 Å². The van der Waals surface area contributed by atoms with E-state index in [1.54, 1.807) is 0 Å². The van der Waals surface area contributed by atoms with Crippen molar-refractivity contribution in [2.24, 2.45) is 0 Å². The van der Waals surface area contributed by atoms with Crippen LogP contribution in [-0.2, 0) is 0 Å². The van der Waals surface area contributed by atoms with E-state index < -0.39 is 0 Å². The van der Waals surface area contributed by atoms with Gasteiger partial charge in [0.2, 0.25) is 0 Å². The Morgan fingerprint density at radius 2 is 1.64 bits per heavy atom. The number of aromatic nitrogens is 4. The van der Waals surface area contributed by atoms with E-state index in [1.165, 1.54) is 0 Å². The van der Waals surface area contributed by atoms with Crippen LogP contribution in [0.2, 0.25) is 0 Å². The molecular formula is C10H14N4. The van der Waals surface area contributed by atoms with Gasteiger partial charge >= 0.3 is 0 Å². The Balaban J connectivity index is 2.66. The number of hydrogen-bond donors (Lipinski definition) is 1. The molecule has 4 heteroatoms. The minimum absolute atomic E-state index is 0.381. The van der Waals surface area contributed by atoms with Crippen molar-refractivity contribution in [1.82, 2.24) is 19.9 Å². The normalized spacial score (nSPS) is 11.5. The summed E-state index contributed by atoms with van der Waals surface area (Å²) in [6.07, 6.45) is 0. The summed E-state index contributed by atoms with van der Waals surface area (Å²) in [5.74, 6) is 1.33. The summed E-state index contributed by atoms with van der Waals surface area (Å²) < 4.78 is 0. The van der Waals surface area contributed by atoms with Crippen LogP contribution in [-0.4, -0.2) is 19.9 Å². The molecule has 0 aliphatic heterocycles. The second kappa shape index (κ2) is 3.04. The molecule has 0 saturated carbocycles. The third kappa shape index (κ3) is 1.36. The largest absolute Gasteiger partial charge is 0.325 e. The average Bonchev–Trinajstić information content (AvgIpc) is 2.48. The van der Waals surface area contributed by atoms with E-state index in [0.717, 1.165) is 28.5 Å². The highest BCUT2D eigenvalue weighted by Crippen LogP contribution is 2.15. The molecule has 0 atom stereocenters. The topological polar surface area (TPSA) is 54.5 Å². The first-order valence-electron chi connectivity index (χ1n) is 4.79. The van der Waals surface area contributed by atoms with Crippen LogP contribution in [0.3, 0.4) is 0 Å². The first-order chi connectivity index (χ1) is 6.58. The van der Waals surface area contributed by atoms with Crippen molar-refractivity contribution >= 4 is 11.3 Å². The standard InChI is InChI=1S/C10H14N4/c1-5(2)8-13-9-10(14-8)12-7(4)6(3)11-9/h5H,1-4H3,(H,11,12,13,14). The van der Waals surface area contributed by atoms with Gasteiger partial charge in [-0.3, -0.25) is 0 Å². The molecule has 0 saturated heterocycles. The van der Waals surface area contributed by atoms with Gasteiger partial charge < -0.3 is 4.98 Å². The van der Waals surface area contributed by atoms with E-state index in [2.05, 4.69) is 33.8 Å². The van der Waals surface area contributed by atoms with Crippen molar-refractivity contribution < 1.29 is 0 Å². The summed E-state index contributed by atoms with van der Waals surface area (Å²) in [5.41, 5.74) is 3.41. The molecule has 0 aromatic carbocycles. The minimum Gasteiger partial charge on any atom is -0.325 e. The maximum Gasteiger partial charge on any atom is 0.197 e. The first-order valence-corrected chi connectivity index (χ1v) is 4.79. The van der Waals surface area contributed by atoms with Gasteiger partial charge in [0.25, 0.3) is 0 Å². The molecule has 0 bridgehead atoms. The van der Waals surface area contributed by atoms with Crippen LogP contribution >= 0.6 is 0 Å². The molecule has 0 amide bonds. The lowest BCUT2D eigenvalue weighted by Gasteiger charge is -1.95. The maximum atomic E-state index is 4.40. The second-order valence-electron chi connectivity index (χ2n) is 3.84. The fourth-order valence-corrected chi connectivity index (χ4v) is 1.29. The number of rotatable bonds is 1. The number of imidazole rings is 1. The van der Waals surface area contributed by atoms with Crippen molar-refractivity contribution in [2.45, 2.75) is 33.6 Å². The van der Waals surface area contributed by atoms with E-state index in [9.17, 15) is 0 Å². The van der Waals surface area contributed by atoms with Crippen LogP contribution in [0.5, 0.6) is 0 Å².